The molecule has 0 amide bonds. The van der Waals surface area contributed by atoms with Crippen LogP contribution in [0.15, 0.2) is 4.52 Å². The van der Waals surface area contributed by atoms with Crippen LogP contribution in [0.5, 0.6) is 0 Å². The average Bonchev–Trinajstić information content (AvgIpc) is 2.74. The summed E-state index contributed by atoms with van der Waals surface area (Å²) in [5, 5.41) is 12.4. The quantitative estimate of drug-likeness (QED) is 0.842. The first-order valence-corrected chi connectivity index (χ1v) is 6.35. The van der Waals surface area contributed by atoms with Crippen molar-refractivity contribution in [3.05, 3.63) is 11.7 Å². The first-order chi connectivity index (χ1) is 8.63. The van der Waals surface area contributed by atoms with E-state index in [-0.39, 0.29) is 6.42 Å². The Morgan fingerprint density at radius 2 is 2.44 bits per heavy atom. The summed E-state index contributed by atoms with van der Waals surface area (Å²) in [6, 6.07) is 0. The Morgan fingerprint density at radius 1 is 1.61 bits per heavy atom. The summed E-state index contributed by atoms with van der Waals surface area (Å²) in [6.07, 6.45) is 3.58. The summed E-state index contributed by atoms with van der Waals surface area (Å²) in [5.74, 6) is 0.860. The molecule has 1 aliphatic heterocycles. The van der Waals surface area contributed by atoms with Crippen LogP contribution in [0, 0.1) is 5.92 Å². The number of likely N-dealkylation sites (tertiary alicyclic amines) is 1. The van der Waals surface area contributed by atoms with Crippen molar-refractivity contribution in [3.8, 4) is 0 Å². The second-order valence-electron chi connectivity index (χ2n) is 4.97. The number of piperidine rings is 1. The first kappa shape index (κ1) is 13.0. The molecule has 1 aliphatic rings. The Labute approximate surface area is 106 Å². The maximum absolute atomic E-state index is 10.4. The molecule has 1 atom stereocenters. The number of aliphatic carboxylic acids is 1. The molecule has 2 rings (SSSR count). The fraction of sp³-hybridized carbons (Fsp3) is 0.750. The molecule has 1 fully saturated rings. The van der Waals surface area contributed by atoms with Crippen LogP contribution in [-0.4, -0.2) is 46.3 Å². The van der Waals surface area contributed by atoms with Crippen molar-refractivity contribution in [1.82, 2.24) is 15.0 Å². The highest BCUT2D eigenvalue weighted by Gasteiger charge is 2.20. The summed E-state index contributed by atoms with van der Waals surface area (Å²) in [5.41, 5.74) is 0. The fourth-order valence-electron chi connectivity index (χ4n) is 2.38. The topological polar surface area (TPSA) is 79.5 Å². The van der Waals surface area contributed by atoms with Crippen LogP contribution < -0.4 is 0 Å². The van der Waals surface area contributed by atoms with E-state index in [1.54, 1.807) is 0 Å². The molecule has 1 N–H and O–H groups in total. The maximum atomic E-state index is 10.4. The average molecular weight is 253 g/mol. The lowest BCUT2D eigenvalue weighted by Crippen LogP contribution is -2.33. The Morgan fingerprint density at radius 3 is 3.17 bits per heavy atom. The normalized spacial score (nSPS) is 21.1. The van der Waals surface area contributed by atoms with Crippen molar-refractivity contribution in [3.63, 3.8) is 0 Å². The number of carboxylic acid groups (broad SMARTS) is 1. The molecule has 2 heterocycles. The van der Waals surface area contributed by atoms with Gasteiger partial charge < -0.3 is 14.5 Å². The van der Waals surface area contributed by atoms with E-state index in [2.05, 4.69) is 22.1 Å². The third-order valence-electron chi connectivity index (χ3n) is 3.26. The summed E-state index contributed by atoms with van der Waals surface area (Å²) in [7, 11) is 2.12. The van der Waals surface area contributed by atoms with Gasteiger partial charge in [0.2, 0.25) is 5.89 Å². The Bertz CT molecular complexity index is 405. The molecule has 6 nitrogen and oxygen atoms in total. The molecule has 1 aromatic heterocycles. The van der Waals surface area contributed by atoms with Crippen LogP contribution in [0.25, 0.3) is 0 Å². The zero-order valence-electron chi connectivity index (χ0n) is 10.6. The largest absolute Gasteiger partial charge is 0.481 e. The van der Waals surface area contributed by atoms with Gasteiger partial charge in [-0.05, 0) is 32.4 Å². The molecular formula is C12H19N3O3. The van der Waals surface area contributed by atoms with Gasteiger partial charge in [0.15, 0.2) is 5.82 Å². The van der Waals surface area contributed by atoms with Gasteiger partial charge in [0, 0.05) is 19.4 Å². The Kier molecular flexibility index (Phi) is 4.30. The van der Waals surface area contributed by atoms with Gasteiger partial charge in [-0.15, -0.1) is 0 Å². The monoisotopic (exact) mass is 253 g/mol. The molecule has 0 radical (unpaired) electrons. The highest BCUT2D eigenvalue weighted by atomic mass is 16.5. The predicted molar refractivity (Wildman–Crippen MR) is 64.2 cm³/mol. The van der Waals surface area contributed by atoms with Crippen molar-refractivity contribution in [2.75, 3.05) is 20.1 Å². The molecular weight excluding hydrogens is 234 g/mol. The first-order valence-electron chi connectivity index (χ1n) is 6.35. The van der Waals surface area contributed by atoms with Crippen molar-refractivity contribution in [2.24, 2.45) is 5.92 Å². The zero-order valence-corrected chi connectivity index (χ0v) is 10.6. The fourth-order valence-corrected chi connectivity index (χ4v) is 2.38. The molecule has 1 saturated heterocycles. The van der Waals surface area contributed by atoms with Gasteiger partial charge in [-0.3, -0.25) is 4.79 Å². The van der Waals surface area contributed by atoms with Gasteiger partial charge >= 0.3 is 5.97 Å². The lowest BCUT2D eigenvalue weighted by molar-refractivity contribution is -0.137. The van der Waals surface area contributed by atoms with Crippen molar-refractivity contribution in [2.45, 2.75) is 32.1 Å². The van der Waals surface area contributed by atoms with Crippen molar-refractivity contribution < 1.29 is 14.4 Å². The van der Waals surface area contributed by atoms with Crippen LogP contribution in [0.3, 0.4) is 0 Å². The lowest BCUT2D eigenvalue weighted by atomic mass is 9.95. The predicted octanol–water partition coefficient (Wildman–Crippen LogP) is 0.971. The number of carboxylic acids is 1. The molecule has 1 aromatic rings. The minimum absolute atomic E-state index is 0.0468. The molecule has 0 aliphatic carbocycles. The Hall–Kier alpha value is -1.43. The number of hydrogen-bond donors (Lipinski definition) is 1. The molecule has 0 spiro atoms. The van der Waals surface area contributed by atoms with Gasteiger partial charge in [0.25, 0.3) is 0 Å². The van der Waals surface area contributed by atoms with Gasteiger partial charge in [-0.25, -0.2) is 0 Å². The molecule has 100 valence electrons. The van der Waals surface area contributed by atoms with Crippen LogP contribution >= 0.6 is 0 Å². The minimum Gasteiger partial charge on any atom is -0.481 e. The molecule has 0 bridgehead atoms. The van der Waals surface area contributed by atoms with E-state index >= 15 is 0 Å². The van der Waals surface area contributed by atoms with E-state index in [0.29, 0.717) is 24.1 Å². The van der Waals surface area contributed by atoms with Gasteiger partial charge in [-0.2, -0.15) is 4.98 Å². The van der Waals surface area contributed by atoms with Crippen LogP contribution in [-0.2, 0) is 17.6 Å². The van der Waals surface area contributed by atoms with Gasteiger partial charge in [-0.1, -0.05) is 5.16 Å². The summed E-state index contributed by atoms with van der Waals surface area (Å²) in [6.45, 7) is 2.22. The summed E-state index contributed by atoms with van der Waals surface area (Å²) >= 11 is 0. The smallest absolute Gasteiger partial charge is 0.303 e. The standard InChI is InChI=1S/C12H19N3O3/c1-15-6-2-3-9(8-15)7-11-13-10(14-18-11)4-5-12(16)17/h9H,2-8H2,1H3,(H,16,17). The molecule has 6 heteroatoms. The molecule has 1 unspecified atom stereocenters. The van der Waals surface area contributed by atoms with Gasteiger partial charge in [0.05, 0.1) is 6.42 Å². The number of hydrogen-bond acceptors (Lipinski definition) is 5. The van der Waals surface area contributed by atoms with Crippen molar-refractivity contribution in [1.29, 1.82) is 0 Å². The van der Waals surface area contributed by atoms with E-state index in [1.807, 2.05) is 0 Å². The number of rotatable bonds is 5. The highest BCUT2D eigenvalue weighted by Crippen LogP contribution is 2.19. The van der Waals surface area contributed by atoms with E-state index in [0.717, 1.165) is 19.5 Å². The van der Waals surface area contributed by atoms with E-state index in [9.17, 15) is 4.79 Å². The molecule has 18 heavy (non-hydrogen) atoms. The van der Waals surface area contributed by atoms with Crippen LogP contribution in [0.4, 0.5) is 0 Å². The van der Waals surface area contributed by atoms with E-state index in [1.165, 1.54) is 12.8 Å². The lowest BCUT2D eigenvalue weighted by Gasteiger charge is -2.28. The molecule has 0 saturated carbocycles. The van der Waals surface area contributed by atoms with Gasteiger partial charge in [0.1, 0.15) is 0 Å². The third-order valence-corrected chi connectivity index (χ3v) is 3.26. The van der Waals surface area contributed by atoms with E-state index < -0.39 is 5.97 Å². The number of aryl methyl sites for hydroxylation is 1. The highest BCUT2D eigenvalue weighted by molar-refractivity contribution is 5.66. The van der Waals surface area contributed by atoms with Crippen LogP contribution in [0.2, 0.25) is 0 Å². The number of aromatic nitrogens is 2. The summed E-state index contributed by atoms with van der Waals surface area (Å²) in [4.78, 5) is 17.0. The Balaban J connectivity index is 1.84. The second kappa shape index (κ2) is 5.95. The second-order valence-corrected chi connectivity index (χ2v) is 4.97. The third kappa shape index (κ3) is 3.80. The van der Waals surface area contributed by atoms with E-state index in [4.69, 9.17) is 9.63 Å². The maximum Gasteiger partial charge on any atom is 0.303 e. The minimum atomic E-state index is -0.838. The number of nitrogens with zero attached hydrogens (tertiary/aromatic N) is 3. The number of carbonyl (C=O) groups is 1. The van der Waals surface area contributed by atoms with Crippen LogP contribution in [0.1, 0.15) is 31.0 Å². The summed E-state index contributed by atoms with van der Waals surface area (Å²) < 4.78 is 5.16. The SMILES string of the molecule is CN1CCCC(Cc2nc(CCC(=O)O)no2)C1. The molecule has 0 aromatic carbocycles. The van der Waals surface area contributed by atoms with Crippen molar-refractivity contribution >= 4 is 5.97 Å². The zero-order chi connectivity index (χ0) is 13.0.